The number of nitrogens with zero attached hydrogens (tertiary/aromatic N) is 1. The van der Waals surface area contributed by atoms with Crippen LogP contribution in [0.2, 0.25) is 0 Å². The maximum absolute atomic E-state index is 13.1. The SMILES string of the molecule is COc1ccc(OC2=C(Oc3ccc(OC)cc3)C(=O)c3cnccc3C2=O)cc1. The summed E-state index contributed by atoms with van der Waals surface area (Å²) >= 11 is 0. The highest BCUT2D eigenvalue weighted by atomic mass is 16.5. The molecule has 150 valence electrons. The van der Waals surface area contributed by atoms with Crippen LogP contribution in [0.3, 0.4) is 0 Å². The zero-order valence-electron chi connectivity index (χ0n) is 16.2. The van der Waals surface area contributed by atoms with Gasteiger partial charge in [-0.2, -0.15) is 0 Å². The molecular weight excluding hydrogens is 386 g/mol. The minimum absolute atomic E-state index is 0.160. The lowest BCUT2D eigenvalue weighted by atomic mass is 9.94. The van der Waals surface area contributed by atoms with E-state index in [9.17, 15) is 9.59 Å². The van der Waals surface area contributed by atoms with Crippen molar-refractivity contribution in [2.45, 2.75) is 0 Å². The van der Waals surface area contributed by atoms with Gasteiger partial charge in [-0.3, -0.25) is 14.6 Å². The van der Waals surface area contributed by atoms with E-state index >= 15 is 0 Å². The van der Waals surface area contributed by atoms with Crippen LogP contribution in [0.1, 0.15) is 20.7 Å². The average Bonchev–Trinajstić information content (AvgIpc) is 2.80. The molecule has 1 heterocycles. The zero-order valence-corrected chi connectivity index (χ0v) is 16.2. The molecule has 0 amide bonds. The van der Waals surface area contributed by atoms with Crippen LogP contribution in [0, 0.1) is 0 Å². The molecule has 0 bridgehead atoms. The van der Waals surface area contributed by atoms with Gasteiger partial charge in [-0.15, -0.1) is 0 Å². The Morgan fingerprint density at radius 3 is 1.50 bits per heavy atom. The molecule has 0 saturated heterocycles. The first-order valence-electron chi connectivity index (χ1n) is 9.02. The Labute approximate surface area is 172 Å². The topological polar surface area (TPSA) is 83.9 Å². The van der Waals surface area contributed by atoms with Crippen LogP contribution in [-0.4, -0.2) is 30.8 Å². The number of hydrogen-bond acceptors (Lipinski definition) is 7. The van der Waals surface area contributed by atoms with Gasteiger partial charge in [0.1, 0.15) is 23.0 Å². The number of methoxy groups -OCH3 is 2. The van der Waals surface area contributed by atoms with Crippen molar-refractivity contribution in [3.8, 4) is 23.0 Å². The third-order valence-corrected chi connectivity index (χ3v) is 4.49. The summed E-state index contributed by atoms with van der Waals surface area (Å²) in [5.41, 5.74) is 0.369. The Kier molecular flexibility index (Phi) is 5.17. The zero-order chi connectivity index (χ0) is 21.1. The van der Waals surface area contributed by atoms with Gasteiger partial charge in [0.05, 0.1) is 19.8 Å². The van der Waals surface area contributed by atoms with Gasteiger partial charge < -0.3 is 18.9 Å². The van der Waals surface area contributed by atoms with E-state index in [4.69, 9.17) is 18.9 Å². The standard InChI is InChI=1S/C23H17NO6/c1-27-14-3-7-16(8-4-14)29-22-20(25)18-11-12-24-13-19(18)21(26)23(22)30-17-9-5-15(28-2)6-10-17/h3-13H,1-2H3. The van der Waals surface area contributed by atoms with Gasteiger partial charge in [-0.1, -0.05) is 0 Å². The second kappa shape index (κ2) is 8.08. The van der Waals surface area contributed by atoms with Crippen molar-refractivity contribution < 1.29 is 28.5 Å². The Morgan fingerprint density at radius 1 is 0.600 bits per heavy atom. The summed E-state index contributed by atoms with van der Waals surface area (Å²) in [5, 5.41) is 0. The van der Waals surface area contributed by atoms with Crippen molar-refractivity contribution >= 4 is 11.6 Å². The lowest BCUT2D eigenvalue weighted by molar-refractivity contribution is 0.0896. The van der Waals surface area contributed by atoms with E-state index in [2.05, 4.69) is 4.98 Å². The van der Waals surface area contributed by atoms with Crippen LogP contribution in [0.5, 0.6) is 23.0 Å². The minimum Gasteiger partial charge on any atom is -0.497 e. The largest absolute Gasteiger partial charge is 0.497 e. The van der Waals surface area contributed by atoms with E-state index < -0.39 is 11.6 Å². The van der Waals surface area contributed by atoms with Gasteiger partial charge >= 0.3 is 0 Å². The van der Waals surface area contributed by atoms with Crippen molar-refractivity contribution in [3.63, 3.8) is 0 Å². The number of hydrogen-bond donors (Lipinski definition) is 0. The number of benzene rings is 2. The smallest absolute Gasteiger partial charge is 0.234 e. The fraction of sp³-hybridized carbons (Fsp3) is 0.0870. The number of ether oxygens (including phenoxy) is 4. The minimum atomic E-state index is -0.489. The molecule has 1 aliphatic carbocycles. The Hall–Kier alpha value is -4.13. The summed E-state index contributed by atoms with van der Waals surface area (Å²) in [6, 6.07) is 14.8. The van der Waals surface area contributed by atoms with Crippen molar-refractivity contribution in [1.29, 1.82) is 0 Å². The third kappa shape index (κ3) is 3.60. The summed E-state index contributed by atoms with van der Waals surface area (Å²) in [7, 11) is 3.10. The normalized spacial score (nSPS) is 13.0. The van der Waals surface area contributed by atoms with Crippen molar-refractivity contribution in [2.75, 3.05) is 14.2 Å². The van der Waals surface area contributed by atoms with Crippen molar-refractivity contribution in [2.24, 2.45) is 0 Å². The number of rotatable bonds is 6. The van der Waals surface area contributed by atoms with Crippen molar-refractivity contribution in [3.05, 3.63) is 89.6 Å². The Bertz CT molecular complexity index is 1040. The maximum Gasteiger partial charge on any atom is 0.234 e. The molecule has 30 heavy (non-hydrogen) atoms. The molecule has 7 nitrogen and oxygen atoms in total. The molecule has 3 aromatic rings. The molecule has 0 saturated carbocycles. The summed E-state index contributed by atoms with van der Waals surface area (Å²) in [5.74, 6) is 0.625. The fourth-order valence-electron chi connectivity index (χ4n) is 2.93. The molecule has 1 aliphatic rings. The number of ketones is 2. The van der Waals surface area contributed by atoms with Gasteiger partial charge in [0.2, 0.25) is 23.1 Å². The quantitative estimate of drug-likeness (QED) is 0.618. The Balaban J connectivity index is 1.76. The molecule has 0 spiro atoms. The van der Waals surface area contributed by atoms with E-state index in [-0.39, 0.29) is 22.6 Å². The second-order valence-corrected chi connectivity index (χ2v) is 6.29. The highest BCUT2D eigenvalue weighted by Gasteiger charge is 2.36. The number of fused-ring (bicyclic) bond motifs is 1. The van der Waals surface area contributed by atoms with Crippen LogP contribution >= 0.6 is 0 Å². The number of pyridine rings is 1. The number of allylic oxidation sites excluding steroid dienone is 2. The number of carbonyl (C=O) groups is 2. The molecule has 0 N–H and O–H groups in total. The van der Waals surface area contributed by atoms with Gasteiger partial charge in [-0.25, -0.2) is 0 Å². The van der Waals surface area contributed by atoms with Crippen LogP contribution < -0.4 is 18.9 Å². The second-order valence-electron chi connectivity index (χ2n) is 6.29. The van der Waals surface area contributed by atoms with E-state index in [0.717, 1.165) is 0 Å². The van der Waals surface area contributed by atoms with Crippen LogP contribution in [0.15, 0.2) is 78.5 Å². The number of Topliss-reactive ketones (excluding diaryl/α,β-unsaturated/α-hetero) is 2. The van der Waals surface area contributed by atoms with Crippen molar-refractivity contribution in [1.82, 2.24) is 4.98 Å². The lowest BCUT2D eigenvalue weighted by Gasteiger charge is -2.21. The van der Waals surface area contributed by atoms with Crippen LogP contribution in [0.4, 0.5) is 0 Å². The fourth-order valence-corrected chi connectivity index (χ4v) is 2.93. The monoisotopic (exact) mass is 403 g/mol. The molecule has 0 atom stereocenters. The lowest BCUT2D eigenvalue weighted by Crippen LogP contribution is -2.28. The molecule has 0 unspecified atom stereocenters. The number of carbonyl (C=O) groups excluding carboxylic acids is 2. The van der Waals surface area contributed by atoms with Gasteiger partial charge in [0, 0.05) is 18.0 Å². The first kappa shape index (κ1) is 19.2. The van der Waals surface area contributed by atoms with Crippen LogP contribution in [-0.2, 0) is 0 Å². The van der Waals surface area contributed by atoms with E-state index in [1.165, 1.54) is 18.5 Å². The van der Waals surface area contributed by atoms with Crippen LogP contribution in [0.25, 0.3) is 0 Å². The van der Waals surface area contributed by atoms with Gasteiger partial charge in [0.15, 0.2) is 0 Å². The van der Waals surface area contributed by atoms with E-state index in [0.29, 0.717) is 23.0 Å². The molecule has 7 heteroatoms. The highest BCUT2D eigenvalue weighted by Crippen LogP contribution is 2.31. The highest BCUT2D eigenvalue weighted by molar-refractivity contribution is 6.25. The summed E-state index contributed by atoms with van der Waals surface area (Å²) < 4.78 is 21.9. The van der Waals surface area contributed by atoms with E-state index in [1.807, 2.05) is 0 Å². The van der Waals surface area contributed by atoms with E-state index in [1.54, 1.807) is 62.8 Å². The first-order chi connectivity index (χ1) is 14.6. The summed E-state index contributed by atoms with van der Waals surface area (Å²) in [4.78, 5) is 30.1. The number of aromatic nitrogens is 1. The molecule has 0 aliphatic heterocycles. The molecule has 0 fully saturated rings. The average molecular weight is 403 g/mol. The molecule has 2 aromatic carbocycles. The molecule has 0 radical (unpaired) electrons. The molecule has 4 rings (SSSR count). The third-order valence-electron chi connectivity index (χ3n) is 4.49. The van der Waals surface area contributed by atoms with Gasteiger partial charge in [-0.05, 0) is 54.6 Å². The first-order valence-corrected chi connectivity index (χ1v) is 9.02. The predicted molar refractivity (Wildman–Crippen MR) is 107 cm³/mol. The predicted octanol–water partition coefficient (Wildman–Crippen LogP) is 3.85. The summed E-state index contributed by atoms with van der Waals surface area (Å²) in [6.07, 6.45) is 2.79. The Morgan fingerprint density at radius 2 is 1.03 bits per heavy atom. The molecular formula is C23H17NO6. The van der Waals surface area contributed by atoms with Gasteiger partial charge in [0.25, 0.3) is 0 Å². The summed E-state index contributed by atoms with van der Waals surface area (Å²) in [6.45, 7) is 0. The molecule has 1 aromatic heterocycles. The maximum atomic E-state index is 13.1.